The minimum Gasteiger partial charge on any atom is -0.364 e. The third-order valence-electron chi connectivity index (χ3n) is 1.98. The number of pyridine rings is 1. The first-order valence-electron chi connectivity index (χ1n) is 4.49. The second-order valence-corrected chi connectivity index (χ2v) is 3.14. The molecule has 2 heterocycles. The van der Waals surface area contributed by atoms with Gasteiger partial charge in [-0.1, -0.05) is 6.07 Å². The maximum atomic E-state index is 10.8. The zero-order valence-corrected chi connectivity index (χ0v) is 7.97. The zero-order valence-electron chi connectivity index (χ0n) is 7.97. The van der Waals surface area contributed by atoms with Crippen molar-refractivity contribution in [2.45, 2.75) is 6.42 Å². The van der Waals surface area contributed by atoms with Gasteiger partial charge in [0.2, 0.25) is 0 Å². The molecule has 1 amide bonds. The van der Waals surface area contributed by atoms with Crippen LogP contribution in [-0.4, -0.2) is 21.1 Å². The summed E-state index contributed by atoms with van der Waals surface area (Å²) in [5.74, 6) is -0.529. The molecule has 0 unspecified atom stereocenters. The largest absolute Gasteiger partial charge is 0.364 e. The van der Waals surface area contributed by atoms with Gasteiger partial charge in [0.15, 0.2) is 0 Å². The molecule has 0 atom stereocenters. The molecule has 2 aromatic rings. The number of primary amides is 1. The van der Waals surface area contributed by atoms with E-state index in [4.69, 9.17) is 5.73 Å². The molecule has 0 bridgehead atoms. The van der Waals surface area contributed by atoms with Gasteiger partial charge >= 0.3 is 0 Å². The zero-order chi connectivity index (χ0) is 10.7. The average molecular weight is 202 g/mol. The number of H-pyrrole nitrogens is 1. The molecular formula is C10H10N4O. The fourth-order valence-corrected chi connectivity index (χ4v) is 1.28. The van der Waals surface area contributed by atoms with E-state index in [0.29, 0.717) is 6.42 Å². The number of carbonyl (C=O) groups excluding carboxylic acids is 1. The van der Waals surface area contributed by atoms with Crippen molar-refractivity contribution in [2.24, 2.45) is 5.73 Å². The summed E-state index contributed by atoms with van der Waals surface area (Å²) < 4.78 is 0. The predicted octanol–water partition coefficient (Wildman–Crippen LogP) is 0.494. The number of amides is 1. The molecule has 0 aliphatic heterocycles. The number of carbonyl (C=O) groups is 1. The van der Waals surface area contributed by atoms with Gasteiger partial charge in [-0.05, 0) is 18.2 Å². The van der Waals surface area contributed by atoms with Crippen LogP contribution in [0.4, 0.5) is 0 Å². The monoisotopic (exact) mass is 202 g/mol. The van der Waals surface area contributed by atoms with E-state index in [1.807, 2.05) is 18.2 Å². The quantitative estimate of drug-likeness (QED) is 0.759. The van der Waals surface area contributed by atoms with Crippen LogP contribution in [0.15, 0.2) is 30.5 Å². The minimum atomic E-state index is -0.529. The first-order valence-corrected chi connectivity index (χ1v) is 4.49. The molecule has 76 valence electrons. The van der Waals surface area contributed by atoms with Gasteiger partial charge in [-0.3, -0.25) is 14.9 Å². The van der Waals surface area contributed by atoms with Gasteiger partial charge in [-0.25, -0.2) is 0 Å². The molecule has 5 nitrogen and oxygen atoms in total. The number of aromatic amines is 1. The molecule has 0 spiro atoms. The Balaban J connectivity index is 2.15. The predicted molar refractivity (Wildman–Crippen MR) is 54.1 cm³/mol. The number of nitrogens with one attached hydrogen (secondary N) is 1. The van der Waals surface area contributed by atoms with Crippen LogP contribution in [0, 0.1) is 0 Å². The van der Waals surface area contributed by atoms with Crippen LogP contribution in [0.3, 0.4) is 0 Å². The van der Waals surface area contributed by atoms with Crippen LogP contribution in [0.25, 0.3) is 0 Å². The van der Waals surface area contributed by atoms with Crippen molar-refractivity contribution in [3.05, 3.63) is 47.5 Å². The standard InChI is InChI=1S/C10H10N4O/c11-10(15)9-6-8(13-14-9)5-7-3-1-2-4-12-7/h1-4,6H,5H2,(H2,11,15)(H,13,14). The van der Waals surface area contributed by atoms with E-state index in [1.165, 1.54) is 0 Å². The Morgan fingerprint density at radius 2 is 2.33 bits per heavy atom. The Hall–Kier alpha value is -2.17. The lowest BCUT2D eigenvalue weighted by atomic mass is 10.2. The summed E-state index contributed by atoms with van der Waals surface area (Å²) in [4.78, 5) is 15.0. The van der Waals surface area contributed by atoms with Gasteiger partial charge in [-0.15, -0.1) is 0 Å². The van der Waals surface area contributed by atoms with Crippen LogP contribution in [0.1, 0.15) is 21.9 Å². The second kappa shape index (κ2) is 3.91. The molecule has 0 radical (unpaired) electrons. The number of aromatic nitrogens is 3. The van der Waals surface area contributed by atoms with E-state index in [9.17, 15) is 4.79 Å². The lowest BCUT2D eigenvalue weighted by Crippen LogP contribution is -2.11. The van der Waals surface area contributed by atoms with Crippen LogP contribution < -0.4 is 5.73 Å². The molecular weight excluding hydrogens is 192 g/mol. The molecule has 0 saturated heterocycles. The van der Waals surface area contributed by atoms with Crippen molar-refractivity contribution in [3.63, 3.8) is 0 Å². The number of rotatable bonds is 3. The van der Waals surface area contributed by atoms with Gasteiger partial charge in [0.1, 0.15) is 5.69 Å². The van der Waals surface area contributed by atoms with Crippen molar-refractivity contribution in [1.82, 2.24) is 15.2 Å². The number of hydrogen-bond donors (Lipinski definition) is 2. The fourth-order valence-electron chi connectivity index (χ4n) is 1.28. The highest BCUT2D eigenvalue weighted by molar-refractivity contribution is 5.90. The Labute approximate surface area is 86.3 Å². The lowest BCUT2D eigenvalue weighted by Gasteiger charge is -1.95. The molecule has 0 saturated carbocycles. The Morgan fingerprint density at radius 3 is 2.93 bits per heavy atom. The highest BCUT2D eigenvalue weighted by Gasteiger charge is 2.06. The average Bonchev–Trinajstić information content (AvgIpc) is 2.68. The molecule has 2 rings (SSSR count). The number of nitrogens with two attached hydrogens (primary N) is 1. The summed E-state index contributed by atoms with van der Waals surface area (Å²) in [6, 6.07) is 7.31. The van der Waals surface area contributed by atoms with Crippen molar-refractivity contribution >= 4 is 5.91 Å². The van der Waals surface area contributed by atoms with Crippen molar-refractivity contribution in [3.8, 4) is 0 Å². The van der Waals surface area contributed by atoms with Crippen LogP contribution in [0.2, 0.25) is 0 Å². The van der Waals surface area contributed by atoms with Crippen molar-refractivity contribution in [2.75, 3.05) is 0 Å². The first kappa shape index (κ1) is 9.39. The van der Waals surface area contributed by atoms with E-state index in [-0.39, 0.29) is 5.69 Å². The first-order chi connectivity index (χ1) is 7.25. The fraction of sp³-hybridized carbons (Fsp3) is 0.100. The molecule has 5 heteroatoms. The number of hydrogen-bond acceptors (Lipinski definition) is 3. The molecule has 3 N–H and O–H groups in total. The Bertz CT molecular complexity index is 463. The SMILES string of the molecule is NC(=O)c1cc(Cc2ccccn2)[nH]n1. The van der Waals surface area contributed by atoms with E-state index < -0.39 is 5.91 Å². The maximum Gasteiger partial charge on any atom is 0.269 e. The van der Waals surface area contributed by atoms with Gasteiger partial charge < -0.3 is 5.73 Å². The summed E-state index contributed by atoms with van der Waals surface area (Å²) in [5, 5.41) is 6.53. The minimum absolute atomic E-state index is 0.251. The summed E-state index contributed by atoms with van der Waals surface area (Å²) in [6.07, 6.45) is 2.34. The van der Waals surface area contributed by atoms with E-state index in [2.05, 4.69) is 15.2 Å². The third kappa shape index (κ3) is 2.19. The van der Waals surface area contributed by atoms with Gasteiger partial charge in [-0.2, -0.15) is 5.10 Å². The lowest BCUT2D eigenvalue weighted by molar-refractivity contribution is 0.0995. The topological polar surface area (TPSA) is 84.7 Å². The molecule has 15 heavy (non-hydrogen) atoms. The molecule has 0 aliphatic rings. The summed E-state index contributed by atoms with van der Waals surface area (Å²) in [7, 11) is 0. The summed E-state index contributed by atoms with van der Waals surface area (Å²) in [6.45, 7) is 0. The Kier molecular flexibility index (Phi) is 2.45. The van der Waals surface area contributed by atoms with Gasteiger partial charge in [0, 0.05) is 24.0 Å². The van der Waals surface area contributed by atoms with Crippen molar-refractivity contribution < 1.29 is 4.79 Å². The number of nitrogens with zero attached hydrogens (tertiary/aromatic N) is 2. The van der Waals surface area contributed by atoms with E-state index >= 15 is 0 Å². The van der Waals surface area contributed by atoms with Gasteiger partial charge in [0.05, 0.1) is 0 Å². The normalized spacial score (nSPS) is 10.1. The Morgan fingerprint density at radius 1 is 1.47 bits per heavy atom. The molecule has 0 fully saturated rings. The second-order valence-electron chi connectivity index (χ2n) is 3.14. The van der Waals surface area contributed by atoms with E-state index in [1.54, 1.807) is 12.3 Å². The van der Waals surface area contributed by atoms with Crippen LogP contribution in [0.5, 0.6) is 0 Å². The molecule has 0 aromatic carbocycles. The summed E-state index contributed by atoms with van der Waals surface area (Å²) in [5.41, 5.74) is 7.07. The highest BCUT2D eigenvalue weighted by atomic mass is 16.1. The van der Waals surface area contributed by atoms with E-state index in [0.717, 1.165) is 11.4 Å². The maximum absolute atomic E-state index is 10.8. The molecule has 2 aromatic heterocycles. The van der Waals surface area contributed by atoms with Gasteiger partial charge in [0.25, 0.3) is 5.91 Å². The smallest absolute Gasteiger partial charge is 0.269 e. The summed E-state index contributed by atoms with van der Waals surface area (Å²) >= 11 is 0. The van der Waals surface area contributed by atoms with Crippen LogP contribution >= 0.6 is 0 Å². The van der Waals surface area contributed by atoms with Crippen LogP contribution in [-0.2, 0) is 6.42 Å². The van der Waals surface area contributed by atoms with Crippen molar-refractivity contribution in [1.29, 1.82) is 0 Å². The third-order valence-corrected chi connectivity index (χ3v) is 1.98. The highest BCUT2D eigenvalue weighted by Crippen LogP contribution is 2.05. The molecule has 0 aliphatic carbocycles.